The molecular weight excluding hydrogens is 346 g/mol. The molecule has 2 heterocycles. The second-order valence-corrected chi connectivity index (χ2v) is 6.47. The van der Waals surface area contributed by atoms with Crippen LogP contribution in [0.1, 0.15) is 17.5 Å². The fourth-order valence-corrected chi connectivity index (χ4v) is 3.23. The van der Waals surface area contributed by atoms with E-state index in [-0.39, 0.29) is 25.0 Å². The number of fused-ring (bicyclic) bond motifs is 1. The summed E-state index contributed by atoms with van der Waals surface area (Å²) < 4.78 is 10.6. The molecular formula is C20H17N3O4. The molecule has 2 amide bonds. The monoisotopic (exact) mass is 363 g/mol. The number of ether oxygens (including phenoxy) is 2. The molecule has 0 radical (unpaired) electrons. The number of amides is 2. The lowest BCUT2D eigenvalue weighted by Crippen LogP contribution is -2.32. The third-order valence-electron chi connectivity index (χ3n) is 4.71. The van der Waals surface area contributed by atoms with Crippen molar-refractivity contribution in [3.8, 4) is 17.6 Å². The molecule has 2 aliphatic rings. The Morgan fingerprint density at radius 2 is 1.96 bits per heavy atom. The van der Waals surface area contributed by atoms with E-state index in [1.165, 1.54) is 0 Å². The number of hydrogen-bond acceptors (Lipinski definition) is 5. The Hall–Kier alpha value is -3.53. The Morgan fingerprint density at radius 3 is 2.74 bits per heavy atom. The van der Waals surface area contributed by atoms with E-state index >= 15 is 0 Å². The van der Waals surface area contributed by atoms with Crippen molar-refractivity contribution in [2.24, 2.45) is 5.92 Å². The minimum atomic E-state index is -0.401. The average molecular weight is 363 g/mol. The molecule has 0 bridgehead atoms. The van der Waals surface area contributed by atoms with Crippen LogP contribution in [0.25, 0.3) is 0 Å². The minimum absolute atomic E-state index is 0.0945. The van der Waals surface area contributed by atoms with Crippen LogP contribution < -0.4 is 19.7 Å². The Bertz CT molecular complexity index is 933. The van der Waals surface area contributed by atoms with Gasteiger partial charge < -0.3 is 19.7 Å². The van der Waals surface area contributed by atoms with Crippen LogP contribution in [-0.4, -0.2) is 25.2 Å². The molecule has 0 saturated carbocycles. The Morgan fingerprint density at radius 1 is 1.19 bits per heavy atom. The fraction of sp³-hybridized carbons (Fsp3) is 0.250. The number of benzene rings is 2. The maximum atomic E-state index is 12.5. The zero-order valence-electron chi connectivity index (χ0n) is 14.5. The zero-order valence-corrected chi connectivity index (χ0v) is 14.5. The fourth-order valence-electron chi connectivity index (χ4n) is 3.23. The van der Waals surface area contributed by atoms with Crippen LogP contribution >= 0.6 is 0 Å². The van der Waals surface area contributed by atoms with Crippen molar-refractivity contribution in [2.45, 2.75) is 13.0 Å². The summed E-state index contributed by atoms with van der Waals surface area (Å²) in [6.45, 7) is 0.898. The molecule has 2 aromatic carbocycles. The van der Waals surface area contributed by atoms with Gasteiger partial charge in [-0.3, -0.25) is 9.59 Å². The van der Waals surface area contributed by atoms with Gasteiger partial charge >= 0.3 is 0 Å². The number of anilines is 1. The van der Waals surface area contributed by atoms with Crippen molar-refractivity contribution < 1.29 is 19.1 Å². The lowest BCUT2D eigenvalue weighted by molar-refractivity contribution is -0.126. The highest BCUT2D eigenvalue weighted by Gasteiger charge is 2.35. The highest BCUT2D eigenvalue weighted by atomic mass is 16.7. The number of carbonyl (C=O) groups is 2. The zero-order chi connectivity index (χ0) is 18.8. The van der Waals surface area contributed by atoms with Crippen molar-refractivity contribution in [2.75, 3.05) is 18.2 Å². The molecule has 27 heavy (non-hydrogen) atoms. The van der Waals surface area contributed by atoms with Gasteiger partial charge in [-0.25, -0.2) is 0 Å². The molecule has 7 nitrogen and oxygen atoms in total. The summed E-state index contributed by atoms with van der Waals surface area (Å²) in [5.74, 6) is 0.719. The van der Waals surface area contributed by atoms with Gasteiger partial charge in [0, 0.05) is 25.2 Å². The van der Waals surface area contributed by atoms with Crippen molar-refractivity contribution >= 4 is 17.5 Å². The molecule has 0 aromatic heterocycles. The van der Waals surface area contributed by atoms with Crippen molar-refractivity contribution in [1.29, 1.82) is 5.26 Å². The van der Waals surface area contributed by atoms with Gasteiger partial charge in [0.05, 0.1) is 17.6 Å². The molecule has 1 saturated heterocycles. The molecule has 7 heteroatoms. The summed E-state index contributed by atoms with van der Waals surface area (Å²) in [6, 6.07) is 14.3. The average Bonchev–Trinajstić information content (AvgIpc) is 3.32. The first kappa shape index (κ1) is 16.9. The first-order valence-electron chi connectivity index (χ1n) is 8.61. The summed E-state index contributed by atoms with van der Waals surface area (Å²) in [5.41, 5.74) is 2.13. The third kappa shape index (κ3) is 3.42. The van der Waals surface area contributed by atoms with E-state index in [2.05, 4.69) is 5.32 Å². The smallest absolute Gasteiger partial charge is 0.231 e. The topological polar surface area (TPSA) is 91.7 Å². The number of hydrogen-bond donors (Lipinski definition) is 1. The van der Waals surface area contributed by atoms with Crippen LogP contribution in [0.3, 0.4) is 0 Å². The maximum absolute atomic E-state index is 12.5. The highest BCUT2D eigenvalue weighted by molar-refractivity contribution is 6.00. The quantitative estimate of drug-likeness (QED) is 0.896. The van der Waals surface area contributed by atoms with E-state index < -0.39 is 5.92 Å². The number of nitrogens with zero attached hydrogens (tertiary/aromatic N) is 2. The van der Waals surface area contributed by atoms with Gasteiger partial charge in [-0.05, 0) is 42.0 Å². The molecule has 1 atom stereocenters. The van der Waals surface area contributed by atoms with Crippen LogP contribution in [0.4, 0.5) is 5.69 Å². The van der Waals surface area contributed by atoms with Crippen molar-refractivity contribution in [3.63, 3.8) is 0 Å². The van der Waals surface area contributed by atoms with Gasteiger partial charge in [-0.2, -0.15) is 5.26 Å². The van der Waals surface area contributed by atoms with Gasteiger partial charge in [0.2, 0.25) is 18.6 Å². The lowest BCUT2D eigenvalue weighted by atomic mass is 10.1. The molecule has 0 aliphatic carbocycles. The van der Waals surface area contributed by atoms with E-state index in [1.807, 2.05) is 24.3 Å². The van der Waals surface area contributed by atoms with Crippen molar-refractivity contribution in [1.82, 2.24) is 5.32 Å². The number of nitrogens with one attached hydrogen (secondary N) is 1. The molecule has 1 unspecified atom stereocenters. The Balaban J connectivity index is 1.36. The molecule has 136 valence electrons. The maximum Gasteiger partial charge on any atom is 0.231 e. The number of nitriles is 1. The van der Waals surface area contributed by atoms with Crippen LogP contribution in [-0.2, 0) is 16.1 Å². The van der Waals surface area contributed by atoms with E-state index in [9.17, 15) is 9.59 Å². The predicted octanol–water partition coefficient (Wildman–Crippen LogP) is 1.96. The molecule has 1 N–H and O–H groups in total. The molecule has 2 aromatic rings. The summed E-state index contributed by atoms with van der Waals surface area (Å²) in [6.07, 6.45) is 0.174. The Labute approximate surface area is 156 Å². The number of rotatable bonds is 4. The van der Waals surface area contributed by atoms with E-state index in [4.69, 9.17) is 14.7 Å². The summed E-state index contributed by atoms with van der Waals surface area (Å²) in [5, 5.41) is 11.8. The second-order valence-electron chi connectivity index (χ2n) is 6.47. The highest BCUT2D eigenvalue weighted by Crippen LogP contribution is 2.32. The van der Waals surface area contributed by atoms with Gasteiger partial charge in [-0.1, -0.05) is 6.07 Å². The number of carbonyl (C=O) groups excluding carboxylic acids is 2. The largest absolute Gasteiger partial charge is 0.454 e. The SMILES string of the molecule is N#Cc1ccc(N2CC(C(=O)NCc3ccc4c(c3)OCO4)CC2=O)cc1. The third-order valence-corrected chi connectivity index (χ3v) is 4.71. The first-order chi connectivity index (χ1) is 13.1. The summed E-state index contributed by atoms with van der Waals surface area (Å²) >= 11 is 0. The van der Waals surface area contributed by atoms with Crippen LogP contribution in [0.2, 0.25) is 0 Å². The molecule has 4 rings (SSSR count). The Kier molecular flexibility index (Phi) is 4.38. The molecule has 0 spiro atoms. The second kappa shape index (κ2) is 7.00. The standard InChI is InChI=1S/C20H17N3O4/c21-9-13-1-4-16(5-2-13)23-11-15(8-19(23)24)20(25)22-10-14-3-6-17-18(7-14)27-12-26-17/h1-7,15H,8,10-12H2,(H,22,25). The lowest BCUT2D eigenvalue weighted by Gasteiger charge is -2.16. The van der Waals surface area contributed by atoms with Gasteiger partial charge in [0.15, 0.2) is 11.5 Å². The van der Waals surface area contributed by atoms with E-state index in [0.29, 0.717) is 35.8 Å². The van der Waals surface area contributed by atoms with Gasteiger partial charge in [0.1, 0.15) is 0 Å². The van der Waals surface area contributed by atoms with Gasteiger partial charge in [0.25, 0.3) is 0 Å². The molecule has 2 aliphatic heterocycles. The normalized spacial score (nSPS) is 17.7. The van der Waals surface area contributed by atoms with Gasteiger partial charge in [-0.15, -0.1) is 0 Å². The van der Waals surface area contributed by atoms with Crippen LogP contribution in [0.5, 0.6) is 11.5 Å². The minimum Gasteiger partial charge on any atom is -0.454 e. The van der Waals surface area contributed by atoms with E-state index in [1.54, 1.807) is 29.2 Å². The first-order valence-corrected chi connectivity index (χ1v) is 8.61. The van der Waals surface area contributed by atoms with Crippen LogP contribution in [0.15, 0.2) is 42.5 Å². The summed E-state index contributed by atoms with van der Waals surface area (Å²) in [4.78, 5) is 26.4. The molecule has 1 fully saturated rings. The van der Waals surface area contributed by atoms with Crippen molar-refractivity contribution in [3.05, 3.63) is 53.6 Å². The predicted molar refractivity (Wildman–Crippen MR) is 96.0 cm³/mol. The summed E-state index contributed by atoms with van der Waals surface area (Å²) in [7, 11) is 0. The van der Waals surface area contributed by atoms with E-state index in [0.717, 1.165) is 5.56 Å². The van der Waals surface area contributed by atoms with Crippen LogP contribution in [0, 0.1) is 17.2 Å².